The summed E-state index contributed by atoms with van der Waals surface area (Å²) >= 11 is 0. The van der Waals surface area contributed by atoms with E-state index in [4.69, 9.17) is 0 Å². The van der Waals surface area contributed by atoms with E-state index in [-0.39, 0.29) is 11.5 Å². The maximum Gasteiger partial charge on any atom is 0.276 e. The van der Waals surface area contributed by atoms with Crippen LogP contribution in [0.3, 0.4) is 0 Å². The van der Waals surface area contributed by atoms with Gasteiger partial charge in [-0.3, -0.25) is 14.7 Å². The van der Waals surface area contributed by atoms with Gasteiger partial charge in [0.05, 0.1) is 0 Å². The Morgan fingerprint density at radius 2 is 1.83 bits per heavy atom. The zero-order valence-corrected chi connectivity index (χ0v) is 16.2. The number of hydrogen-bond donors (Lipinski definition) is 2. The topological polar surface area (TPSA) is 79.3 Å². The molecule has 0 saturated heterocycles. The number of benzene rings is 2. The molecule has 0 fully saturated rings. The predicted molar refractivity (Wildman–Crippen MR) is 112 cm³/mol. The third-order valence-corrected chi connectivity index (χ3v) is 4.91. The molecule has 2 aromatic carbocycles. The number of aryl methyl sites for hydroxylation is 1. The average Bonchev–Trinajstić information content (AvgIpc) is 3.17. The lowest BCUT2D eigenvalue weighted by molar-refractivity contribution is 0.0955. The smallest absolute Gasteiger partial charge is 0.276 e. The Bertz CT molecular complexity index is 1190. The minimum atomic E-state index is -0.251. The molecule has 146 valence electrons. The Morgan fingerprint density at radius 1 is 1.07 bits per heavy atom. The lowest BCUT2D eigenvalue weighted by atomic mass is 10.1. The quantitative estimate of drug-likeness (QED) is 0.535. The van der Waals surface area contributed by atoms with Gasteiger partial charge in [0.1, 0.15) is 5.56 Å². The molecule has 0 saturated carbocycles. The SMILES string of the molecule is Cc1ccc(CCNC(=O)c2c[nH]n3c(=O)c(Cc4ccccc4)cnc23)cc1. The van der Waals surface area contributed by atoms with Crippen LogP contribution in [-0.2, 0) is 12.8 Å². The third-order valence-electron chi connectivity index (χ3n) is 4.91. The molecule has 0 radical (unpaired) electrons. The summed E-state index contributed by atoms with van der Waals surface area (Å²) in [6, 6.07) is 18.0. The molecule has 1 amide bonds. The maximum atomic E-state index is 12.8. The Hall–Kier alpha value is -3.67. The highest BCUT2D eigenvalue weighted by atomic mass is 16.2. The Kier molecular flexibility index (Phi) is 5.24. The van der Waals surface area contributed by atoms with E-state index in [1.54, 1.807) is 6.20 Å². The fourth-order valence-corrected chi connectivity index (χ4v) is 3.27. The highest BCUT2D eigenvalue weighted by Gasteiger charge is 2.16. The van der Waals surface area contributed by atoms with E-state index in [2.05, 4.69) is 39.7 Å². The van der Waals surface area contributed by atoms with E-state index in [0.29, 0.717) is 29.7 Å². The van der Waals surface area contributed by atoms with Gasteiger partial charge in [0.15, 0.2) is 5.65 Å². The molecule has 29 heavy (non-hydrogen) atoms. The Morgan fingerprint density at radius 3 is 2.59 bits per heavy atom. The number of nitrogens with one attached hydrogen (secondary N) is 2. The van der Waals surface area contributed by atoms with Crippen molar-refractivity contribution >= 4 is 11.6 Å². The summed E-state index contributed by atoms with van der Waals surface area (Å²) in [4.78, 5) is 29.7. The summed E-state index contributed by atoms with van der Waals surface area (Å²) in [7, 11) is 0. The van der Waals surface area contributed by atoms with Gasteiger partial charge in [-0.15, -0.1) is 0 Å². The second-order valence-electron chi connectivity index (χ2n) is 7.09. The van der Waals surface area contributed by atoms with Crippen LogP contribution in [0.25, 0.3) is 5.65 Å². The van der Waals surface area contributed by atoms with Gasteiger partial charge in [0, 0.05) is 30.9 Å². The van der Waals surface area contributed by atoms with Crippen LogP contribution in [0.2, 0.25) is 0 Å². The number of amides is 1. The number of H-pyrrole nitrogens is 1. The number of fused-ring (bicyclic) bond motifs is 1. The van der Waals surface area contributed by atoms with E-state index < -0.39 is 0 Å². The highest BCUT2D eigenvalue weighted by molar-refractivity contribution is 5.99. The highest BCUT2D eigenvalue weighted by Crippen LogP contribution is 2.09. The molecule has 0 bridgehead atoms. The van der Waals surface area contributed by atoms with E-state index in [9.17, 15) is 9.59 Å². The first-order valence-electron chi connectivity index (χ1n) is 9.57. The zero-order chi connectivity index (χ0) is 20.2. The lowest BCUT2D eigenvalue weighted by Crippen LogP contribution is -2.26. The molecule has 0 atom stereocenters. The van der Waals surface area contributed by atoms with Crippen LogP contribution in [0.1, 0.15) is 32.6 Å². The molecular weight excluding hydrogens is 364 g/mol. The monoisotopic (exact) mass is 386 g/mol. The zero-order valence-electron chi connectivity index (χ0n) is 16.2. The fraction of sp³-hybridized carbons (Fsp3) is 0.174. The van der Waals surface area contributed by atoms with Crippen LogP contribution in [0.4, 0.5) is 0 Å². The molecule has 6 nitrogen and oxygen atoms in total. The van der Waals surface area contributed by atoms with Crippen molar-refractivity contribution in [3.05, 3.63) is 105 Å². The van der Waals surface area contributed by atoms with Gasteiger partial charge in [-0.05, 0) is 24.5 Å². The normalized spacial score (nSPS) is 10.9. The molecule has 6 heteroatoms. The number of aromatic amines is 1. The number of aromatic nitrogens is 3. The minimum absolute atomic E-state index is 0.197. The van der Waals surface area contributed by atoms with Crippen LogP contribution in [0.5, 0.6) is 0 Å². The molecule has 4 aromatic rings. The second kappa shape index (κ2) is 8.14. The van der Waals surface area contributed by atoms with Crippen LogP contribution >= 0.6 is 0 Å². The van der Waals surface area contributed by atoms with Gasteiger partial charge in [-0.1, -0.05) is 60.2 Å². The van der Waals surface area contributed by atoms with Crippen molar-refractivity contribution in [1.82, 2.24) is 19.9 Å². The molecule has 0 aliphatic heterocycles. The van der Waals surface area contributed by atoms with Gasteiger partial charge in [0.2, 0.25) is 0 Å². The van der Waals surface area contributed by atoms with Crippen molar-refractivity contribution in [2.45, 2.75) is 19.8 Å². The third kappa shape index (κ3) is 4.11. The van der Waals surface area contributed by atoms with E-state index in [0.717, 1.165) is 17.5 Å². The first-order chi connectivity index (χ1) is 14.1. The molecule has 2 heterocycles. The van der Waals surface area contributed by atoms with Crippen molar-refractivity contribution < 1.29 is 4.79 Å². The Labute approximate surface area is 168 Å². The largest absolute Gasteiger partial charge is 0.352 e. The van der Waals surface area contributed by atoms with Crippen molar-refractivity contribution in [3.63, 3.8) is 0 Å². The van der Waals surface area contributed by atoms with Crippen LogP contribution < -0.4 is 10.9 Å². The van der Waals surface area contributed by atoms with Crippen LogP contribution in [0, 0.1) is 6.92 Å². The standard InChI is InChI=1S/C23H22N4O2/c1-16-7-9-17(10-8-16)11-12-24-22(28)20-15-26-27-21(20)25-14-19(23(27)29)13-18-5-3-2-4-6-18/h2-10,14-15,26H,11-13H2,1H3,(H,24,28). The number of carbonyl (C=O) groups excluding carboxylic acids is 1. The number of nitrogens with zero attached hydrogens (tertiary/aromatic N) is 2. The van der Waals surface area contributed by atoms with Gasteiger partial charge >= 0.3 is 0 Å². The summed E-state index contributed by atoms with van der Waals surface area (Å²) in [5.74, 6) is -0.251. The van der Waals surface area contributed by atoms with Crippen LogP contribution in [0.15, 0.2) is 71.8 Å². The first-order valence-corrected chi connectivity index (χ1v) is 9.57. The first kappa shape index (κ1) is 18.7. The number of carbonyl (C=O) groups is 1. The van der Waals surface area contributed by atoms with Crippen molar-refractivity contribution in [1.29, 1.82) is 0 Å². The summed E-state index contributed by atoms with van der Waals surface area (Å²) in [6.45, 7) is 2.55. The average molecular weight is 386 g/mol. The van der Waals surface area contributed by atoms with Crippen molar-refractivity contribution in [2.24, 2.45) is 0 Å². The van der Waals surface area contributed by atoms with E-state index in [1.807, 2.05) is 37.3 Å². The fourth-order valence-electron chi connectivity index (χ4n) is 3.27. The lowest BCUT2D eigenvalue weighted by Gasteiger charge is -2.05. The van der Waals surface area contributed by atoms with Crippen molar-refractivity contribution in [3.8, 4) is 0 Å². The maximum absolute atomic E-state index is 12.8. The molecule has 4 rings (SSSR count). The summed E-state index contributed by atoms with van der Waals surface area (Å²) in [6.07, 6.45) is 4.31. The second-order valence-corrected chi connectivity index (χ2v) is 7.09. The minimum Gasteiger partial charge on any atom is -0.352 e. The van der Waals surface area contributed by atoms with Gasteiger partial charge < -0.3 is 5.32 Å². The molecule has 0 spiro atoms. The number of rotatable bonds is 6. The molecular formula is C23H22N4O2. The van der Waals surface area contributed by atoms with Crippen molar-refractivity contribution in [2.75, 3.05) is 6.54 Å². The van der Waals surface area contributed by atoms with Gasteiger partial charge in [0.25, 0.3) is 11.5 Å². The molecule has 0 aliphatic rings. The predicted octanol–water partition coefficient (Wildman–Crippen LogP) is 2.89. The van der Waals surface area contributed by atoms with Gasteiger partial charge in [-0.2, -0.15) is 0 Å². The number of hydrogen-bond acceptors (Lipinski definition) is 3. The Balaban J connectivity index is 1.48. The van der Waals surface area contributed by atoms with E-state index >= 15 is 0 Å². The summed E-state index contributed by atoms with van der Waals surface area (Å²) in [5.41, 5.74) is 4.47. The summed E-state index contributed by atoms with van der Waals surface area (Å²) in [5, 5.41) is 5.76. The summed E-state index contributed by atoms with van der Waals surface area (Å²) < 4.78 is 1.33. The molecule has 0 aliphatic carbocycles. The molecule has 0 unspecified atom stereocenters. The molecule has 2 aromatic heterocycles. The van der Waals surface area contributed by atoms with Crippen LogP contribution in [-0.4, -0.2) is 27.0 Å². The van der Waals surface area contributed by atoms with E-state index in [1.165, 1.54) is 16.3 Å². The van der Waals surface area contributed by atoms with Gasteiger partial charge in [-0.25, -0.2) is 9.50 Å². The molecule has 2 N–H and O–H groups in total.